The van der Waals surface area contributed by atoms with Gasteiger partial charge in [0.2, 0.25) is 0 Å². The minimum atomic E-state index is -1.07. The van der Waals surface area contributed by atoms with Crippen LogP contribution in [-0.2, 0) is 9.47 Å². The second-order valence-electron chi connectivity index (χ2n) is 4.77. The van der Waals surface area contributed by atoms with Gasteiger partial charge in [-0.2, -0.15) is 0 Å². The topological polar surface area (TPSA) is 72.8 Å². The van der Waals surface area contributed by atoms with Crippen LogP contribution in [-0.4, -0.2) is 36.9 Å². The van der Waals surface area contributed by atoms with Crippen molar-refractivity contribution in [2.75, 3.05) is 19.8 Å². The summed E-state index contributed by atoms with van der Waals surface area (Å²) in [5.41, 5.74) is 0.210. The summed E-state index contributed by atoms with van der Waals surface area (Å²) in [4.78, 5) is 22.5. The van der Waals surface area contributed by atoms with Crippen molar-refractivity contribution >= 4 is 11.9 Å². The van der Waals surface area contributed by atoms with Crippen LogP contribution in [0.15, 0.2) is 24.3 Å². The molecule has 0 amide bonds. The molecule has 0 atom stereocenters. The Bertz CT molecular complexity index is 476. The molecule has 5 heteroatoms. The molecule has 1 N–H and O–H groups in total. The standard InChI is InChI=1S/C13H14O5/c1-13(6-17-7-13)8-18-12(16)10-4-2-3-9(5-10)11(14)15/h2-5H,6-8H2,1H3,(H,14,15). The second-order valence-corrected chi connectivity index (χ2v) is 4.77. The Hall–Kier alpha value is -1.88. The maximum atomic E-state index is 11.8. The highest BCUT2D eigenvalue weighted by Gasteiger charge is 2.34. The highest BCUT2D eigenvalue weighted by Crippen LogP contribution is 2.26. The molecule has 1 saturated heterocycles. The Balaban J connectivity index is 2.00. The molecule has 5 nitrogen and oxygen atoms in total. The lowest BCUT2D eigenvalue weighted by molar-refractivity contribution is -0.127. The molecular formula is C13H14O5. The van der Waals surface area contributed by atoms with Gasteiger partial charge in [-0.1, -0.05) is 13.0 Å². The molecule has 1 aromatic rings. The van der Waals surface area contributed by atoms with Crippen molar-refractivity contribution in [2.24, 2.45) is 5.41 Å². The van der Waals surface area contributed by atoms with E-state index in [1.54, 1.807) is 0 Å². The number of rotatable bonds is 4. The van der Waals surface area contributed by atoms with E-state index in [1.165, 1.54) is 24.3 Å². The molecule has 1 aliphatic heterocycles. The molecule has 1 heterocycles. The van der Waals surface area contributed by atoms with Gasteiger partial charge >= 0.3 is 11.9 Å². The van der Waals surface area contributed by atoms with E-state index in [4.69, 9.17) is 14.6 Å². The lowest BCUT2D eigenvalue weighted by Gasteiger charge is -2.37. The normalized spacial score (nSPS) is 16.7. The molecule has 0 saturated carbocycles. The average Bonchev–Trinajstić information content (AvgIpc) is 2.33. The Morgan fingerprint density at radius 2 is 2.06 bits per heavy atom. The van der Waals surface area contributed by atoms with Crippen molar-refractivity contribution in [3.05, 3.63) is 35.4 Å². The molecule has 1 aliphatic rings. The van der Waals surface area contributed by atoms with Crippen molar-refractivity contribution in [1.29, 1.82) is 0 Å². The first kappa shape index (κ1) is 12.6. The van der Waals surface area contributed by atoms with Crippen LogP contribution in [0.25, 0.3) is 0 Å². The first-order chi connectivity index (χ1) is 8.50. The Labute approximate surface area is 104 Å². The zero-order valence-electron chi connectivity index (χ0n) is 10.0. The van der Waals surface area contributed by atoms with Gasteiger partial charge in [0.05, 0.1) is 24.3 Å². The smallest absolute Gasteiger partial charge is 0.338 e. The molecule has 2 rings (SSSR count). The fraction of sp³-hybridized carbons (Fsp3) is 0.385. The van der Waals surface area contributed by atoms with E-state index in [9.17, 15) is 9.59 Å². The summed E-state index contributed by atoms with van der Waals surface area (Å²) in [6, 6.07) is 5.80. The summed E-state index contributed by atoms with van der Waals surface area (Å²) in [6.07, 6.45) is 0. The van der Waals surface area contributed by atoms with E-state index in [2.05, 4.69) is 0 Å². The summed E-state index contributed by atoms with van der Waals surface area (Å²) >= 11 is 0. The number of carboxylic acids is 1. The van der Waals surface area contributed by atoms with Gasteiger partial charge < -0.3 is 14.6 Å². The summed E-state index contributed by atoms with van der Waals surface area (Å²) in [5, 5.41) is 8.83. The number of hydrogen-bond donors (Lipinski definition) is 1. The van der Waals surface area contributed by atoms with Crippen LogP contribution in [0, 0.1) is 5.41 Å². The monoisotopic (exact) mass is 250 g/mol. The number of carbonyl (C=O) groups excluding carboxylic acids is 1. The highest BCUT2D eigenvalue weighted by atomic mass is 16.5. The minimum absolute atomic E-state index is 0.0719. The maximum absolute atomic E-state index is 11.8. The highest BCUT2D eigenvalue weighted by molar-refractivity contribution is 5.94. The third-order valence-corrected chi connectivity index (χ3v) is 2.80. The molecule has 0 radical (unpaired) electrons. The number of carboxylic acid groups (broad SMARTS) is 1. The average molecular weight is 250 g/mol. The number of esters is 1. The number of carbonyl (C=O) groups is 2. The largest absolute Gasteiger partial charge is 0.478 e. The van der Waals surface area contributed by atoms with Gasteiger partial charge in [0.15, 0.2) is 0 Å². The van der Waals surface area contributed by atoms with Crippen molar-refractivity contribution in [2.45, 2.75) is 6.92 Å². The second kappa shape index (κ2) is 4.78. The van der Waals surface area contributed by atoms with Crippen LogP contribution in [0.5, 0.6) is 0 Å². The van der Waals surface area contributed by atoms with Crippen LogP contribution < -0.4 is 0 Å². The van der Waals surface area contributed by atoms with Crippen LogP contribution in [0.4, 0.5) is 0 Å². The Kier molecular flexibility index (Phi) is 3.34. The van der Waals surface area contributed by atoms with E-state index in [0.29, 0.717) is 13.2 Å². The molecule has 0 unspecified atom stereocenters. The van der Waals surface area contributed by atoms with Crippen LogP contribution in [0.1, 0.15) is 27.6 Å². The summed E-state index contributed by atoms with van der Waals surface area (Å²) in [7, 11) is 0. The first-order valence-corrected chi connectivity index (χ1v) is 5.58. The molecule has 0 bridgehead atoms. The lowest BCUT2D eigenvalue weighted by Crippen LogP contribution is -2.44. The van der Waals surface area contributed by atoms with Gasteiger partial charge in [0, 0.05) is 5.41 Å². The Morgan fingerprint density at radius 1 is 1.39 bits per heavy atom. The molecule has 0 aliphatic carbocycles. The zero-order chi connectivity index (χ0) is 13.2. The predicted octanol–water partition coefficient (Wildman–Crippen LogP) is 1.58. The molecule has 0 spiro atoms. The number of aromatic carboxylic acids is 1. The number of hydrogen-bond acceptors (Lipinski definition) is 4. The first-order valence-electron chi connectivity index (χ1n) is 5.58. The van der Waals surface area contributed by atoms with Crippen LogP contribution >= 0.6 is 0 Å². The van der Waals surface area contributed by atoms with Crippen LogP contribution in [0.2, 0.25) is 0 Å². The predicted molar refractivity (Wildman–Crippen MR) is 62.6 cm³/mol. The minimum Gasteiger partial charge on any atom is -0.478 e. The van der Waals surface area contributed by atoms with Gasteiger partial charge in [0.1, 0.15) is 6.61 Å². The van der Waals surface area contributed by atoms with Gasteiger partial charge in [0.25, 0.3) is 0 Å². The van der Waals surface area contributed by atoms with Crippen molar-refractivity contribution < 1.29 is 24.2 Å². The lowest BCUT2D eigenvalue weighted by atomic mass is 9.90. The van der Waals surface area contributed by atoms with E-state index >= 15 is 0 Å². The quantitative estimate of drug-likeness (QED) is 0.821. The van der Waals surface area contributed by atoms with Crippen LogP contribution in [0.3, 0.4) is 0 Å². The summed E-state index contributed by atoms with van der Waals surface area (Å²) < 4.78 is 10.2. The maximum Gasteiger partial charge on any atom is 0.338 e. The third-order valence-electron chi connectivity index (χ3n) is 2.80. The zero-order valence-corrected chi connectivity index (χ0v) is 10.0. The summed E-state index contributed by atoms with van der Waals surface area (Å²) in [5.74, 6) is -1.57. The summed E-state index contributed by atoms with van der Waals surface area (Å²) in [6.45, 7) is 3.41. The van der Waals surface area contributed by atoms with Crippen molar-refractivity contribution in [1.82, 2.24) is 0 Å². The fourth-order valence-corrected chi connectivity index (χ4v) is 1.64. The molecule has 0 aromatic heterocycles. The van der Waals surface area contributed by atoms with E-state index in [1.807, 2.05) is 6.92 Å². The van der Waals surface area contributed by atoms with Crippen molar-refractivity contribution in [3.8, 4) is 0 Å². The van der Waals surface area contributed by atoms with Gasteiger partial charge in [-0.15, -0.1) is 0 Å². The molecule has 1 aromatic carbocycles. The molecule has 1 fully saturated rings. The molecular weight excluding hydrogens is 236 g/mol. The van der Waals surface area contributed by atoms with E-state index in [0.717, 1.165) is 0 Å². The SMILES string of the molecule is CC1(COC(=O)c2cccc(C(=O)O)c2)COC1. The van der Waals surface area contributed by atoms with Crippen molar-refractivity contribution in [3.63, 3.8) is 0 Å². The Morgan fingerprint density at radius 3 is 2.61 bits per heavy atom. The molecule has 18 heavy (non-hydrogen) atoms. The fourth-order valence-electron chi connectivity index (χ4n) is 1.64. The number of ether oxygens (including phenoxy) is 2. The van der Waals surface area contributed by atoms with Gasteiger partial charge in [-0.3, -0.25) is 0 Å². The molecule has 96 valence electrons. The third kappa shape index (κ3) is 2.68. The number of benzene rings is 1. The van der Waals surface area contributed by atoms with Gasteiger partial charge in [-0.05, 0) is 18.2 Å². The van der Waals surface area contributed by atoms with Gasteiger partial charge in [-0.25, -0.2) is 9.59 Å². The van der Waals surface area contributed by atoms with E-state index < -0.39 is 11.9 Å². The van der Waals surface area contributed by atoms with E-state index in [-0.39, 0.29) is 23.1 Å².